The number of pyridine rings is 1. The highest BCUT2D eigenvalue weighted by molar-refractivity contribution is 6.08. The van der Waals surface area contributed by atoms with Crippen LogP contribution in [-0.2, 0) is 0 Å². The molecule has 16 heavy (non-hydrogen) atoms. The number of methoxy groups -OCH3 is 1. The van der Waals surface area contributed by atoms with Gasteiger partial charge in [-0.15, -0.1) is 0 Å². The Morgan fingerprint density at radius 2 is 2.12 bits per heavy atom. The summed E-state index contributed by atoms with van der Waals surface area (Å²) in [7, 11) is 1.58. The van der Waals surface area contributed by atoms with E-state index in [0.717, 1.165) is 10.8 Å². The van der Waals surface area contributed by atoms with Crippen molar-refractivity contribution in [1.29, 1.82) is 0 Å². The number of ketones is 1. The molecule has 1 heterocycles. The summed E-state index contributed by atoms with van der Waals surface area (Å²) in [6.07, 6.45) is 1.62. The zero-order valence-electron chi connectivity index (χ0n) is 9.15. The smallest absolute Gasteiger partial charge is 0.160 e. The zero-order valence-corrected chi connectivity index (χ0v) is 9.15. The van der Waals surface area contributed by atoms with Gasteiger partial charge < -0.3 is 10.5 Å². The summed E-state index contributed by atoms with van der Waals surface area (Å²) in [5, 5.41) is 1.57. The van der Waals surface area contributed by atoms with Gasteiger partial charge in [-0.1, -0.05) is 0 Å². The summed E-state index contributed by atoms with van der Waals surface area (Å²) < 4.78 is 5.21. The van der Waals surface area contributed by atoms with Crippen molar-refractivity contribution in [2.24, 2.45) is 0 Å². The second-order valence-electron chi connectivity index (χ2n) is 3.53. The Morgan fingerprint density at radius 3 is 2.75 bits per heavy atom. The van der Waals surface area contributed by atoms with E-state index in [2.05, 4.69) is 4.98 Å². The fourth-order valence-corrected chi connectivity index (χ4v) is 1.71. The first-order valence-corrected chi connectivity index (χ1v) is 4.86. The number of benzene rings is 1. The number of carbonyl (C=O) groups excluding carboxylic acids is 1. The van der Waals surface area contributed by atoms with Crippen LogP contribution < -0.4 is 10.5 Å². The fraction of sp³-hybridized carbons (Fsp3) is 0.167. The van der Waals surface area contributed by atoms with Crippen molar-refractivity contribution in [2.45, 2.75) is 6.92 Å². The number of Topliss-reactive ketones (excluding diaryl/α,β-unsaturated/α-hetero) is 1. The second-order valence-corrected chi connectivity index (χ2v) is 3.53. The minimum atomic E-state index is -0.00162. The van der Waals surface area contributed by atoms with Gasteiger partial charge >= 0.3 is 0 Å². The standard InChI is InChI=1S/C12H12N2O2/c1-7(15)8-3-4-11(16-2)10-6-14-12(13)5-9(8)10/h3-6H,1-2H3,(H2,13,14). The second kappa shape index (κ2) is 3.81. The Kier molecular flexibility index (Phi) is 2.48. The molecule has 2 rings (SSSR count). The van der Waals surface area contributed by atoms with Gasteiger partial charge in [-0.2, -0.15) is 0 Å². The van der Waals surface area contributed by atoms with E-state index < -0.39 is 0 Å². The molecule has 0 spiro atoms. The molecule has 0 amide bonds. The molecule has 0 fully saturated rings. The van der Waals surface area contributed by atoms with E-state index in [0.29, 0.717) is 17.1 Å². The normalized spacial score (nSPS) is 10.4. The minimum absolute atomic E-state index is 0.00162. The number of anilines is 1. The monoisotopic (exact) mass is 216 g/mol. The molecule has 0 aliphatic heterocycles. The topological polar surface area (TPSA) is 65.2 Å². The van der Waals surface area contributed by atoms with Crippen LogP contribution in [0, 0.1) is 0 Å². The fourth-order valence-electron chi connectivity index (χ4n) is 1.71. The summed E-state index contributed by atoms with van der Waals surface area (Å²) in [5.74, 6) is 1.08. The van der Waals surface area contributed by atoms with Gasteiger partial charge in [-0.25, -0.2) is 4.98 Å². The van der Waals surface area contributed by atoms with Gasteiger partial charge in [0.15, 0.2) is 5.78 Å². The molecule has 0 aliphatic carbocycles. The summed E-state index contributed by atoms with van der Waals surface area (Å²) in [6, 6.07) is 5.19. The van der Waals surface area contributed by atoms with Gasteiger partial charge in [0, 0.05) is 22.5 Å². The summed E-state index contributed by atoms with van der Waals surface area (Å²) in [5.41, 5.74) is 6.25. The van der Waals surface area contributed by atoms with Gasteiger partial charge in [-0.05, 0) is 25.1 Å². The predicted octanol–water partition coefficient (Wildman–Crippen LogP) is 2.03. The highest BCUT2D eigenvalue weighted by atomic mass is 16.5. The van der Waals surface area contributed by atoms with Crippen LogP contribution >= 0.6 is 0 Å². The number of ether oxygens (including phenoxy) is 1. The molecule has 0 saturated heterocycles. The third-order valence-electron chi connectivity index (χ3n) is 2.48. The van der Waals surface area contributed by atoms with Crippen LogP contribution in [0.1, 0.15) is 17.3 Å². The van der Waals surface area contributed by atoms with Crippen molar-refractivity contribution in [1.82, 2.24) is 4.98 Å². The van der Waals surface area contributed by atoms with Crippen molar-refractivity contribution in [3.63, 3.8) is 0 Å². The van der Waals surface area contributed by atoms with E-state index >= 15 is 0 Å². The molecule has 0 radical (unpaired) electrons. The lowest BCUT2D eigenvalue weighted by atomic mass is 10.0. The third-order valence-corrected chi connectivity index (χ3v) is 2.48. The largest absolute Gasteiger partial charge is 0.496 e. The molecule has 0 aliphatic rings. The number of nitrogens with two attached hydrogens (primary N) is 1. The molecule has 0 atom stereocenters. The van der Waals surface area contributed by atoms with E-state index in [1.165, 1.54) is 6.92 Å². The number of nitrogens with zero attached hydrogens (tertiary/aromatic N) is 1. The van der Waals surface area contributed by atoms with Crippen LogP contribution in [0.5, 0.6) is 5.75 Å². The Bertz CT molecular complexity index is 564. The van der Waals surface area contributed by atoms with Gasteiger partial charge in [-0.3, -0.25) is 4.79 Å². The molecule has 2 N–H and O–H groups in total. The summed E-state index contributed by atoms with van der Waals surface area (Å²) >= 11 is 0. The van der Waals surface area contributed by atoms with Crippen LogP contribution in [0.3, 0.4) is 0 Å². The Morgan fingerprint density at radius 1 is 1.38 bits per heavy atom. The van der Waals surface area contributed by atoms with E-state index in [1.54, 1.807) is 31.5 Å². The molecule has 1 aromatic carbocycles. The summed E-state index contributed by atoms with van der Waals surface area (Å²) in [4.78, 5) is 15.5. The predicted molar refractivity (Wildman–Crippen MR) is 62.7 cm³/mol. The minimum Gasteiger partial charge on any atom is -0.496 e. The first kappa shape index (κ1) is 10.4. The molecular formula is C12H12N2O2. The zero-order chi connectivity index (χ0) is 11.7. The maximum Gasteiger partial charge on any atom is 0.160 e. The lowest BCUT2D eigenvalue weighted by Gasteiger charge is -2.08. The highest BCUT2D eigenvalue weighted by Crippen LogP contribution is 2.29. The number of fused-ring (bicyclic) bond motifs is 1. The third kappa shape index (κ3) is 1.58. The first-order valence-electron chi connectivity index (χ1n) is 4.86. The Labute approximate surface area is 93.0 Å². The molecule has 0 saturated carbocycles. The Balaban J connectivity index is 2.85. The van der Waals surface area contributed by atoms with E-state index in [1.807, 2.05) is 0 Å². The van der Waals surface area contributed by atoms with Gasteiger partial charge in [0.1, 0.15) is 11.6 Å². The maximum atomic E-state index is 11.5. The maximum absolute atomic E-state index is 11.5. The Hall–Kier alpha value is -2.10. The molecule has 4 heteroatoms. The SMILES string of the molecule is COc1ccc(C(C)=O)c2cc(N)ncc12. The van der Waals surface area contributed by atoms with Gasteiger partial charge in [0.25, 0.3) is 0 Å². The van der Waals surface area contributed by atoms with Crippen LogP contribution in [0.4, 0.5) is 5.82 Å². The average molecular weight is 216 g/mol. The van der Waals surface area contributed by atoms with Crippen molar-refractivity contribution < 1.29 is 9.53 Å². The molecule has 4 nitrogen and oxygen atoms in total. The van der Waals surface area contributed by atoms with Gasteiger partial charge in [0.2, 0.25) is 0 Å². The lowest BCUT2D eigenvalue weighted by Crippen LogP contribution is -1.98. The van der Waals surface area contributed by atoms with Crippen molar-refractivity contribution in [2.75, 3.05) is 12.8 Å². The first-order chi connectivity index (χ1) is 7.63. The van der Waals surface area contributed by atoms with Crippen molar-refractivity contribution in [3.05, 3.63) is 30.0 Å². The van der Waals surface area contributed by atoms with Gasteiger partial charge in [0.05, 0.1) is 7.11 Å². The number of rotatable bonds is 2. The van der Waals surface area contributed by atoms with Crippen LogP contribution in [0.25, 0.3) is 10.8 Å². The molecular weight excluding hydrogens is 204 g/mol. The van der Waals surface area contributed by atoms with E-state index in [9.17, 15) is 4.79 Å². The molecule has 2 aromatic rings. The molecule has 82 valence electrons. The average Bonchev–Trinajstić information content (AvgIpc) is 2.26. The number of aromatic nitrogens is 1. The van der Waals surface area contributed by atoms with Crippen LogP contribution in [0.2, 0.25) is 0 Å². The van der Waals surface area contributed by atoms with Crippen LogP contribution in [-0.4, -0.2) is 17.9 Å². The van der Waals surface area contributed by atoms with Crippen molar-refractivity contribution >= 4 is 22.4 Å². The molecule has 0 unspecified atom stereocenters. The van der Waals surface area contributed by atoms with Crippen molar-refractivity contribution in [3.8, 4) is 5.75 Å². The highest BCUT2D eigenvalue weighted by Gasteiger charge is 2.10. The number of hydrogen-bond donors (Lipinski definition) is 1. The molecule has 0 bridgehead atoms. The number of nitrogen functional groups attached to an aromatic ring is 1. The van der Waals surface area contributed by atoms with Crippen LogP contribution in [0.15, 0.2) is 24.4 Å². The lowest BCUT2D eigenvalue weighted by molar-refractivity contribution is 0.101. The molecule has 1 aromatic heterocycles. The summed E-state index contributed by atoms with van der Waals surface area (Å²) in [6.45, 7) is 1.53. The number of carbonyl (C=O) groups is 1. The number of hydrogen-bond acceptors (Lipinski definition) is 4. The quantitative estimate of drug-likeness (QED) is 0.780. The van der Waals surface area contributed by atoms with E-state index in [-0.39, 0.29) is 5.78 Å². The van der Waals surface area contributed by atoms with E-state index in [4.69, 9.17) is 10.5 Å².